The Morgan fingerprint density at radius 1 is 1.12 bits per heavy atom. The van der Waals surface area contributed by atoms with Crippen LogP contribution in [0.4, 0.5) is 5.69 Å². The molecule has 0 saturated carbocycles. The molecule has 0 amide bonds. The van der Waals surface area contributed by atoms with Crippen LogP contribution in [0.3, 0.4) is 0 Å². The molecular weight excluding hydrogens is 398 g/mol. The van der Waals surface area contributed by atoms with E-state index in [1.54, 1.807) is 30.3 Å². The number of rotatable bonds is 6. The molecule has 2 aromatic carbocycles. The summed E-state index contributed by atoms with van der Waals surface area (Å²) in [4.78, 5) is 11.7. The summed E-state index contributed by atoms with van der Waals surface area (Å²) in [5.74, 6) is -0.150. The van der Waals surface area contributed by atoms with Crippen LogP contribution in [0.15, 0.2) is 57.9 Å². The van der Waals surface area contributed by atoms with Crippen LogP contribution in [-0.4, -0.2) is 35.2 Å². The molecule has 0 radical (unpaired) electrons. The van der Waals surface area contributed by atoms with E-state index in [0.717, 1.165) is 4.31 Å². The van der Waals surface area contributed by atoms with Gasteiger partial charge in [0.25, 0.3) is 10.0 Å². The summed E-state index contributed by atoms with van der Waals surface area (Å²) in [6.07, 6.45) is 0. The predicted octanol–water partition coefficient (Wildman–Crippen LogP) is 2.83. The number of benzene rings is 2. The number of halogens is 1. The number of anilines is 1. The molecule has 2 rings (SSSR count). The van der Waals surface area contributed by atoms with E-state index in [2.05, 4.69) is 20.7 Å². The lowest BCUT2D eigenvalue weighted by Gasteiger charge is -2.23. The maximum atomic E-state index is 13.0. The maximum absolute atomic E-state index is 13.0. The Kier molecular flexibility index (Phi) is 5.84. The van der Waals surface area contributed by atoms with E-state index in [1.807, 2.05) is 0 Å². The van der Waals surface area contributed by atoms with Gasteiger partial charge in [0.2, 0.25) is 0 Å². The number of hydrogen-bond donors (Lipinski definition) is 0. The van der Waals surface area contributed by atoms with Crippen molar-refractivity contribution in [1.82, 2.24) is 0 Å². The van der Waals surface area contributed by atoms with Gasteiger partial charge in [-0.2, -0.15) is 0 Å². The second kappa shape index (κ2) is 7.67. The topological polar surface area (TPSA) is 72.9 Å². The van der Waals surface area contributed by atoms with E-state index in [-0.39, 0.29) is 4.90 Å². The lowest BCUT2D eigenvalue weighted by Crippen LogP contribution is -2.36. The quantitative estimate of drug-likeness (QED) is 0.680. The molecular formula is C16H16BrNO5S. The highest BCUT2D eigenvalue weighted by Crippen LogP contribution is 2.30. The highest BCUT2D eigenvalue weighted by atomic mass is 79.9. The van der Waals surface area contributed by atoms with E-state index < -0.39 is 22.5 Å². The van der Waals surface area contributed by atoms with Gasteiger partial charge in [-0.25, -0.2) is 8.42 Å². The van der Waals surface area contributed by atoms with Gasteiger partial charge >= 0.3 is 5.97 Å². The fourth-order valence-electron chi connectivity index (χ4n) is 2.03. The molecule has 0 aromatic heterocycles. The minimum Gasteiger partial charge on any atom is -0.496 e. The van der Waals surface area contributed by atoms with Crippen LogP contribution in [0, 0.1) is 0 Å². The van der Waals surface area contributed by atoms with Gasteiger partial charge in [0.15, 0.2) is 0 Å². The van der Waals surface area contributed by atoms with Gasteiger partial charge in [-0.05, 0) is 46.3 Å². The van der Waals surface area contributed by atoms with E-state index in [9.17, 15) is 13.2 Å². The fourth-order valence-corrected chi connectivity index (χ4v) is 4.15. The van der Waals surface area contributed by atoms with Crippen LogP contribution in [0.25, 0.3) is 0 Å². The van der Waals surface area contributed by atoms with Crippen LogP contribution in [-0.2, 0) is 19.6 Å². The molecule has 0 fully saturated rings. The minimum atomic E-state index is -3.96. The van der Waals surface area contributed by atoms with E-state index in [4.69, 9.17) is 4.74 Å². The third kappa shape index (κ3) is 3.88. The third-order valence-corrected chi connectivity index (χ3v) is 5.65. The van der Waals surface area contributed by atoms with Crippen LogP contribution in [0.1, 0.15) is 0 Å². The van der Waals surface area contributed by atoms with Crippen molar-refractivity contribution in [2.75, 3.05) is 25.1 Å². The van der Waals surface area contributed by atoms with Crippen LogP contribution in [0.5, 0.6) is 5.75 Å². The molecule has 0 spiro atoms. The third-order valence-electron chi connectivity index (χ3n) is 3.26. The first-order valence-corrected chi connectivity index (χ1v) is 9.11. The van der Waals surface area contributed by atoms with Gasteiger partial charge < -0.3 is 9.47 Å². The normalized spacial score (nSPS) is 11.0. The van der Waals surface area contributed by atoms with Crippen LogP contribution < -0.4 is 9.04 Å². The molecule has 0 aliphatic rings. The Bertz CT molecular complexity index is 824. The number of nitrogens with zero attached hydrogens (tertiary/aromatic N) is 1. The number of sulfonamides is 1. The number of para-hydroxylation sites is 1. The first-order chi connectivity index (χ1) is 11.4. The standard InChI is InChI=1S/C16H16BrNO5S/c1-22-15-9-8-13(10-14(15)17)24(20,21)18(11-16(19)23-2)12-6-4-3-5-7-12/h3-10H,11H2,1-2H3. The Hall–Kier alpha value is -2.06. The van der Waals surface area contributed by atoms with Crippen LogP contribution >= 0.6 is 15.9 Å². The fraction of sp³-hybridized carbons (Fsp3) is 0.188. The average Bonchev–Trinajstić information content (AvgIpc) is 2.59. The SMILES string of the molecule is COC(=O)CN(c1ccccc1)S(=O)(=O)c1ccc(OC)c(Br)c1. The molecule has 0 N–H and O–H groups in total. The molecule has 128 valence electrons. The zero-order valence-electron chi connectivity index (χ0n) is 13.1. The van der Waals surface area contributed by atoms with Gasteiger partial charge in [0.1, 0.15) is 12.3 Å². The molecule has 8 heteroatoms. The van der Waals surface area contributed by atoms with Gasteiger partial charge in [-0.15, -0.1) is 0 Å². The first-order valence-electron chi connectivity index (χ1n) is 6.88. The molecule has 2 aromatic rings. The summed E-state index contributed by atoms with van der Waals surface area (Å²) in [6, 6.07) is 12.8. The number of hydrogen-bond acceptors (Lipinski definition) is 5. The van der Waals surface area contributed by atoms with Gasteiger partial charge in [-0.3, -0.25) is 9.10 Å². The number of carbonyl (C=O) groups is 1. The summed E-state index contributed by atoms with van der Waals surface area (Å²) in [5.41, 5.74) is 0.370. The number of ether oxygens (including phenoxy) is 2. The largest absolute Gasteiger partial charge is 0.496 e. The Morgan fingerprint density at radius 3 is 2.33 bits per heavy atom. The smallest absolute Gasteiger partial charge is 0.326 e. The highest BCUT2D eigenvalue weighted by molar-refractivity contribution is 9.10. The van der Waals surface area contributed by atoms with Crippen molar-refractivity contribution in [3.05, 3.63) is 53.0 Å². The Morgan fingerprint density at radius 2 is 1.79 bits per heavy atom. The van der Waals surface area contributed by atoms with Crippen molar-refractivity contribution < 1.29 is 22.7 Å². The molecule has 0 saturated heterocycles. The van der Waals surface area contributed by atoms with Gasteiger partial charge in [-0.1, -0.05) is 18.2 Å². The monoisotopic (exact) mass is 413 g/mol. The van der Waals surface area contributed by atoms with E-state index in [1.165, 1.54) is 32.4 Å². The van der Waals surface area contributed by atoms with E-state index in [0.29, 0.717) is 15.9 Å². The molecule has 0 heterocycles. The summed E-state index contributed by atoms with van der Waals surface area (Å²) in [5, 5.41) is 0. The molecule has 24 heavy (non-hydrogen) atoms. The minimum absolute atomic E-state index is 0.0305. The van der Waals surface area contributed by atoms with Crippen molar-refractivity contribution in [3.8, 4) is 5.75 Å². The van der Waals surface area contributed by atoms with Gasteiger partial charge in [0.05, 0.1) is 29.3 Å². The Labute approximate surface area is 149 Å². The maximum Gasteiger partial charge on any atom is 0.326 e. The number of carbonyl (C=O) groups excluding carboxylic acids is 1. The van der Waals surface area contributed by atoms with Crippen molar-refractivity contribution >= 4 is 37.6 Å². The zero-order chi connectivity index (χ0) is 17.7. The van der Waals surface area contributed by atoms with Crippen molar-refractivity contribution in [1.29, 1.82) is 0 Å². The molecule has 0 atom stereocenters. The molecule has 6 nitrogen and oxygen atoms in total. The number of methoxy groups -OCH3 is 2. The zero-order valence-corrected chi connectivity index (χ0v) is 15.5. The number of esters is 1. The van der Waals surface area contributed by atoms with Crippen molar-refractivity contribution in [3.63, 3.8) is 0 Å². The molecule has 0 unspecified atom stereocenters. The molecule has 0 bridgehead atoms. The molecule has 0 aliphatic carbocycles. The van der Waals surface area contributed by atoms with Gasteiger partial charge in [0, 0.05) is 0 Å². The highest BCUT2D eigenvalue weighted by Gasteiger charge is 2.28. The lowest BCUT2D eigenvalue weighted by molar-refractivity contribution is -0.138. The second-order valence-corrected chi connectivity index (χ2v) is 7.44. The van der Waals surface area contributed by atoms with Crippen molar-refractivity contribution in [2.24, 2.45) is 0 Å². The van der Waals surface area contributed by atoms with E-state index >= 15 is 0 Å². The predicted molar refractivity (Wildman–Crippen MR) is 93.7 cm³/mol. The van der Waals surface area contributed by atoms with Crippen LogP contribution in [0.2, 0.25) is 0 Å². The van der Waals surface area contributed by atoms with Crippen molar-refractivity contribution in [2.45, 2.75) is 4.90 Å². The summed E-state index contributed by atoms with van der Waals surface area (Å²) < 4.78 is 37.2. The lowest BCUT2D eigenvalue weighted by atomic mass is 10.3. The summed E-state index contributed by atoms with van der Waals surface area (Å²) >= 11 is 3.27. The summed E-state index contributed by atoms with van der Waals surface area (Å²) in [6.45, 7) is -0.424. The average molecular weight is 414 g/mol. The first kappa shape index (κ1) is 18.3. The molecule has 0 aliphatic heterocycles. The summed E-state index contributed by atoms with van der Waals surface area (Å²) in [7, 11) is -1.26. The second-order valence-electron chi connectivity index (χ2n) is 4.72. The Balaban J connectivity index is 2.51.